The van der Waals surface area contributed by atoms with Crippen LogP contribution in [0.4, 0.5) is 0 Å². The highest BCUT2D eigenvalue weighted by Crippen LogP contribution is 2.40. The van der Waals surface area contributed by atoms with Crippen molar-refractivity contribution in [2.45, 2.75) is 58.9 Å². The highest BCUT2D eigenvalue weighted by atomic mass is 127. The summed E-state index contributed by atoms with van der Waals surface area (Å²) >= 11 is 0. The zero-order valence-corrected chi connectivity index (χ0v) is 21.5. The van der Waals surface area contributed by atoms with Gasteiger partial charge in [-0.05, 0) is 56.1 Å². The van der Waals surface area contributed by atoms with Crippen LogP contribution >= 0.6 is 24.0 Å². The van der Waals surface area contributed by atoms with Crippen LogP contribution in [0, 0.1) is 5.41 Å². The van der Waals surface area contributed by atoms with Crippen molar-refractivity contribution in [3.63, 3.8) is 0 Å². The van der Waals surface area contributed by atoms with Crippen molar-refractivity contribution in [2.75, 3.05) is 39.4 Å². The molecule has 1 aliphatic carbocycles. The quantitative estimate of drug-likeness (QED) is 0.216. The Labute approximate surface area is 204 Å². The maximum absolute atomic E-state index is 12.8. The third kappa shape index (κ3) is 7.63. The summed E-state index contributed by atoms with van der Waals surface area (Å²) < 4.78 is 5.62. The summed E-state index contributed by atoms with van der Waals surface area (Å²) in [6, 6.07) is 8.39. The average molecular weight is 543 g/mol. The van der Waals surface area contributed by atoms with E-state index in [1.807, 2.05) is 17.9 Å². The summed E-state index contributed by atoms with van der Waals surface area (Å²) in [4.78, 5) is 19.3. The number of amides is 1. The fraction of sp³-hybridized carbons (Fsp3) is 0.667. The molecule has 0 bridgehead atoms. The Morgan fingerprint density at radius 2 is 1.90 bits per heavy atom. The van der Waals surface area contributed by atoms with E-state index in [2.05, 4.69) is 40.7 Å². The number of halogens is 1. The van der Waals surface area contributed by atoms with E-state index in [4.69, 9.17) is 4.74 Å². The van der Waals surface area contributed by atoms with E-state index in [0.717, 1.165) is 51.6 Å². The molecule has 7 heteroatoms. The number of fused-ring (bicyclic) bond motifs is 1. The van der Waals surface area contributed by atoms with Crippen molar-refractivity contribution in [1.29, 1.82) is 0 Å². The van der Waals surface area contributed by atoms with Crippen LogP contribution in [-0.2, 0) is 22.5 Å². The van der Waals surface area contributed by atoms with Crippen molar-refractivity contribution >= 4 is 35.8 Å². The molecule has 1 amide bonds. The van der Waals surface area contributed by atoms with E-state index in [-0.39, 0.29) is 41.8 Å². The molecule has 6 nitrogen and oxygen atoms in total. The van der Waals surface area contributed by atoms with Gasteiger partial charge in [-0.3, -0.25) is 4.79 Å². The minimum atomic E-state index is 0. The number of rotatable bonds is 9. The fourth-order valence-corrected chi connectivity index (χ4v) is 4.64. The van der Waals surface area contributed by atoms with Gasteiger partial charge in [0.2, 0.25) is 5.91 Å². The molecule has 0 unspecified atom stereocenters. The minimum Gasteiger partial charge on any atom is -0.382 e. The highest BCUT2D eigenvalue weighted by Gasteiger charge is 2.33. The van der Waals surface area contributed by atoms with Crippen LogP contribution in [0.1, 0.15) is 57.1 Å². The zero-order chi connectivity index (χ0) is 21.2. The molecule has 0 atom stereocenters. The Morgan fingerprint density at radius 3 is 2.61 bits per heavy atom. The first-order valence-corrected chi connectivity index (χ1v) is 11.6. The number of hydrogen-bond acceptors (Lipinski definition) is 3. The van der Waals surface area contributed by atoms with Gasteiger partial charge < -0.3 is 20.3 Å². The van der Waals surface area contributed by atoms with Crippen molar-refractivity contribution in [1.82, 2.24) is 15.5 Å². The second-order valence-electron chi connectivity index (χ2n) is 8.54. The van der Waals surface area contributed by atoms with Gasteiger partial charge in [-0.15, -0.1) is 24.0 Å². The van der Waals surface area contributed by atoms with E-state index in [1.165, 1.54) is 36.8 Å². The lowest BCUT2D eigenvalue weighted by Gasteiger charge is -2.30. The van der Waals surface area contributed by atoms with Crippen LogP contribution in [0.5, 0.6) is 0 Å². The van der Waals surface area contributed by atoms with Gasteiger partial charge in [-0.1, -0.05) is 37.1 Å². The predicted octanol–water partition coefficient (Wildman–Crippen LogP) is 3.73. The first kappa shape index (κ1) is 25.9. The summed E-state index contributed by atoms with van der Waals surface area (Å²) in [5.74, 6) is 0.833. The molecular formula is C24H39IN4O2. The van der Waals surface area contributed by atoms with Crippen LogP contribution in [0.2, 0.25) is 0 Å². The molecule has 1 aliphatic heterocycles. The number of nitrogens with one attached hydrogen (secondary N) is 2. The minimum absolute atomic E-state index is 0. The van der Waals surface area contributed by atoms with E-state index in [9.17, 15) is 4.79 Å². The zero-order valence-electron chi connectivity index (χ0n) is 19.1. The number of hydrogen-bond donors (Lipinski definition) is 2. The Balaban J connectivity index is 0.00000341. The van der Waals surface area contributed by atoms with Crippen LogP contribution < -0.4 is 10.6 Å². The topological polar surface area (TPSA) is 66.0 Å². The molecule has 1 aromatic carbocycles. The molecule has 174 valence electrons. The number of aliphatic imine (C=N–C) groups is 1. The standard InChI is InChI=1S/C24H38N4O2.HI/c1-3-25-23(27-19-24(12-7-8-13-24)14-16-30-4-2)26-17-22(29)28-15-11-20-9-5-6-10-21(20)18-28;/h5-6,9-10H,3-4,7-8,11-19H2,1-2H3,(H2,25,26,27);1H. The summed E-state index contributed by atoms with van der Waals surface area (Å²) in [6.07, 6.45) is 7.05. The lowest BCUT2D eigenvalue weighted by molar-refractivity contribution is -0.130. The monoisotopic (exact) mass is 542 g/mol. The number of ether oxygens (including phenoxy) is 1. The lowest BCUT2D eigenvalue weighted by Crippen LogP contribution is -2.44. The molecule has 3 rings (SSSR count). The second kappa shape index (κ2) is 13.3. The predicted molar refractivity (Wildman–Crippen MR) is 137 cm³/mol. The highest BCUT2D eigenvalue weighted by molar-refractivity contribution is 14.0. The van der Waals surface area contributed by atoms with E-state index in [0.29, 0.717) is 6.54 Å². The van der Waals surface area contributed by atoms with Gasteiger partial charge in [0.05, 0.1) is 0 Å². The average Bonchev–Trinajstić information content (AvgIpc) is 3.24. The largest absolute Gasteiger partial charge is 0.382 e. The number of carbonyl (C=O) groups excluding carboxylic acids is 1. The van der Waals surface area contributed by atoms with Crippen LogP contribution in [0.3, 0.4) is 0 Å². The summed E-state index contributed by atoms with van der Waals surface area (Å²) in [7, 11) is 0. The molecule has 2 N–H and O–H groups in total. The second-order valence-corrected chi connectivity index (χ2v) is 8.54. The summed E-state index contributed by atoms with van der Waals surface area (Å²) in [6.45, 7) is 9.01. The van der Waals surface area contributed by atoms with Gasteiger partial charge in [-0.2, -0.15) is 0 Å². The Bertz CT molecular complexity index is 719. The molecule has 1 aromatic rings. The van der Waals surface area contributed by atoms with Crippen LogP contribution in [0.25, 0.3) is 0 Å². The van der Waals surface area contributed by atoms with E-state index in [1.54, 1.807) is 0 Å². The van der Waals surface area contributed by atoms with Gasteiger partial charge in [0.1, 0.15) is 6.54 Å². The van der Waals surface area contributed by atoms with Crippen molar-refractivity contribution in [3.05, 3.63) is 35.4 Å². The van der Waals surface area contributed by atoms with Gasteiger partial charge in [-0.25, -0.2) is 4.99 Å². The van der Waals surface area contributed by atoms with Crippen molar-refractivity contribution < 1.29 is 9.53 Å². The number of carbonyl (C=O) groups is 1. The molecule has 1 fully saturated rings. The fourth-order valence-electron chi connectivity index (χ4n) is 4.64. The van der Waals surface area contributed by atoms with Crippen LogP contribution in [0.15, 0.2) is 29.3 Å². The van der Waals surface area contributed by atoms with Gasteiger partial charge in [0.25, 0.3) is 0 Å². The first-order valence-electron chi connectivity index (χ1n) is 11.6. The summed E-state index contributed by atoms with van der Waals surface area (Å²) in [5, 5.41) is 6.82. The first-order chi connectivity index (χ1) is 14.7. The van der Waals surface area contributed by atoms with Gasteiger partial charge in [0, 0.05) is 39.4 Å². The molecule has 1 heterocycles. The number of guanidine groups is 1. The number of nitrogens with zero attached hydrogens (tertiary/aromatic N) is 2. The maximum atomic E-state index is 12.8. The maximum Gasteiger partial charge on any atom is 0.244 e. The molecule has 31 heavy (non-hydrogen) atoms. The van der Waals surface area contributed by atoms with E-state index >= 15 is 0 Å². The van der Waals surface area contributed by atoms with Crippen LogP contribution in [-0.4, -0.2) is 56.2 Å². The Morgan fingerprint density at radius 1 is 1.16 bits per heavy atom. The third-order valence-electron chi connectivity index (χ3n) is 6.48. The molecule has 0 spiro atoms. The molecular weight excluding hydrogens is 503 g/mol. The third-order valence-corrected chi connectivity index (χ3v) is 6.48. The van der Waals surface area contributed by atoms with Gasteiger partial charge >= 0.3 is 0 Å². The molecule has 0 saturated heterocycles. The molecule has 2 aliphatic rings. The smallest absolute Gasteiger partial charge is 0.244 e. The lowest BCUT2D eigenvalue weighted by atomic mass is 9.83. The SMILES string of the molecule is CCNC(=NCC(=O)N1CCc2ccccc2C1)NCC1(CCOCC)CCCC1.I. The van der Waals surface area contributed by atoms with E-state index < -0.39 is 0 Å². The molecule has 0 aromatic heterocycles. The molecule has 0 radical (unpaired) electrons. The Hall–Kier alpha value is -1.35. The normalized spacial score (nSPS) is 17.6. The number of benzene rings is 1. The van der Waals surface area contributed by atoms with Crippen molar-refractivity contribution in [3.8, 4) is 0 Å². The van der Waals surface area contributed by atoms with Crippen molar-refractivity contribution in [2.24, 2.45) is 10.4 Å². The molecule has 1 saturated carbocycles. The summed E-state index contributed by atoms with van der Waals surface area (Å²) in [5.41, 5.74) is 2.89. The van der Waals surface area contributed by atoms with Gasteiger partial charge in [0.15, 0.2) is 5.96 Å². The Kier molecular flexibility index (Phi) is 11.1.